The lowest BCUT2D eigenvalue weighted by Crippen LogP contribution is -2.13. The second kappa shape index (κ2) is 5.97. The Balaban J connectivity index is 1.86. The van der Waals surface area contributed by atoms with E-state index in [-0.39, 0.29) is 5.91 Å². The number of ether oxygens (including phenoxy) is 3. The zero-order valence-electron chi connectivity index (χ0n) is 12.5. The molecule has 0 saturated carbocycles. The number of rotatable bonds is 4. The molecule has 1 N–H and O–H groups in total. The van der Waals surface area contributed by atoms with Gasteiger partial charge in [-0.2, -0.15) is 0 Å². The number of hydrogen-bond acceptors (Lipinski definition) is 4. The highest BCUT2D eigenvalue weighted by molar-refractivity contribution is 6.06. The molecule has 0 aliphatic carbocycles. The van der Waals surface area contributed by atoms with Crippen LogP contribution in [0.2, 0.25) is 0 Å². The summed E-state index contributed by atoms with van der Waals surface area (Å²) in [5.74, 6) is 1.59. The van der Waals surface area contributed by atoms with Crippen molar-refractivity contribution in [1.82, 2.24) is 0 Å². The maximum Gasteiger partial charge on any atom is 0.259 e. The highest BCUT2D eigenvalue weighted by Crippen LogP contribution is 2.32. The van der Waals surface area contributed by atoms with Gasteiger partial charge in [0.25, 0.3) is 5.91 Å². The van der Waals surface area contributed by atoms with E-state index in [9.17, 15) is 4.79 Å². The van der Waals surface area contributed by atoms with Gasteiger partial charge in [-0.15, -0.1) is 0 Å². The van der Waals surface area contributed by atoms with Gasteiger partial charge in [-0.05, 0) is 35.9 Å². The van der Waals surface area contributed by atoms with E-state index in [1.165, 1.54) is 7.11 Å². The molecule has 3 rings (SSSR count). The van der Waals surface area contributed by atoms with Gasteiger partial charge in [0.05, 0.1) is 26.4 Å². The molecule has 0 saturated heterocycles. The Morgan fingerprint density at radius 1 is 1.18 bits per heavy atom. The normalized spacial score (nSPS) is 12.3. The van der Waals surface area contributed by atoms with E-state index in [0.717, 1.165) is 23.4 Å². The molecule has 0 bridgehead atoms. The van der Waals surface area contributed by atoms with Gasteiger partial charge in [-0.25, -0.2) is 0 Å². The lowest BCUT2D eigenvalue weighted by Gasteiger charge is -2.13. The summed E-state index contributed by atoms with van der Waals surface area (Å²) in [5, 5.41) is 2.88. The Kier molecular flexibility index (Phi) is 3.87. The summed E-state index contributed by atoms with van der Waals surface area (Å²) in [6.07, 6.45) is 0.863. The largest absolute Gasteiger partial charge is 0.493 e. The summed E-state index contributed by atoms with van der Waals surface area (Å²) < 4.78 is 16.0. The van der Waals surface area contributed by atoms with E-state index >= 15 is 0 Å². The Morgan fingerprint density at radius 2 is 2.05 bits per heavy atom. The van der Waals surface area contributed by atoms with Crippen LogP contribution in [0.25, 0.3) is 0 Å². The van der Waals surface area contributed by atoms with Gasteiger partial charge in [0.15, 0.2) is 11.5 Å². The number of carbonyl (C=O) groups excluding carboxylic acids is 1. The van der Waals surface area contributed by atoms with Crippen LogP contribution < -0.4 is 19.5 Å². The van der Waals surface area contributed by atoms with E-state index in [0.29, 0.717) is 23.7 Å². The molecule has 1 aliphatic heterocycles. The van der Waals surface area contributed by atoms with Crippen LogP contribution in [0.15, 0.2) is 36.4 Å². The van der Waals surface area contributed by atoms with Crippen molar-refractivity contribution in [3.63, 3.8) is 0 Å². The fraction of sp³-hybridized carbons (Fsp3) is 0.235. The van der Waals surface area contributed by atoms with Gasteiger partial charge in [0, 0.05) is 12.1 Å². The molecule has 5 nitrogen and oxygen atoms in total. The van der Waals surface area contributed by atoms with E-state index in [1.807, 2.05) is 18.2 Å². The van der Waals surface area contributed by atoms with Crippen molar-refractivity contribution >= 4 is 11.6 Å². The first-order chi connectivity index (χ1) is 10.7. The number of hydrogen-bond donors (Lipinski definition) is 1. The maximum atomic E-state index is 12.5. The predicted octanol–water partition coefficient (Wildman–Crippen LogP) is 2.89. The number of anilines is 1. The SMILES string of the molecule is COc1cccc(C(=O)Nc2ccc3c(c2)CCO3)c1OC. The average Bonchev–Trinajstić information content (AvgIpc) is 3.01. The number of amides is 1. The van der Waals surface area contributed by atoms with Crippen LogP contribution in [-0.4, -0.2) is 26.7 Å². The predicted molar refractivity (Wildman–Crippen MR) is 83.1 cm³/mol. The van der Waals surface area contributed by atoms with Gasteiger partial charge >= 0.3 is 0 Å². The van der Waals surface area contributed by atoms with Crippen LogP contribution >= 0.6 is 0 Å². The zero-order chi connectivity index (χ0) is 15.5. The molecule has 0 fully saturated rings. The van der Waals surface area contributed by atoms with Crippen molar-refractivity contribution in [3.05, 3.63) is 47.5 Å². The van der Waals surface area contributed by atoms with Crippen molar-refractivity contribution in [3.8, 4) is 17.2 Å². The smallest absolute Gasteiger partial charge is 0.259 e. The first kappa shape index (κ1) is 14.3. The maximum absolute atomic E-state index is 12.5. The van der Waals surface area contributed by atoms with Crippen molar-refractivity contribution in [2.75, 3.05) is 26.1 Å². The molecule has 0 radical (unpaired) electrons. The third-order valence-corrected chi connectivity index (χ3v) is 3.59. The molecule has 114 valence electrons. The van der Waals surface area contributed by atoms with Crippen molar-refractivity contribution in [2.24, 2.45) is 0 Å². The van der Waals surface area contributed by atoms with Crippen LogP contribution in [0.4, 0.5) is 5.69 Å². The zero-order valence-corrected chi connectivity index (χ0v) is 12.5. The molecule has 1 amide bonds. The number of methoxy groups -OCH3 is 2. The number of carbonyl (C=O) groups is 1. The lowest BCUT2D eigenvalue weighted by molar-refractivity contribution is 0.102. The van der Waals surface area contributed by atoms with Gasteiger partial charge in [0.2, 0.25) is 0 Å². The highest BCUT2D eigenvalue weighted by atomic mass is 16.5. The molecule has 0 atom stereocenters. The molecule has 5 heteroatoms. The van der Waals surface area contributed by atoms with Crippen molar-refractivity contribution < 1.29 is 19.0 Å². The van der Waals surface area contributed by atoms with E-state index < -0.39 is 0 Å². The van der Waals surface area contributed by atoms with E-state index in [1.54, 1.807) is 25.3 Å². The molecule has 22 heavy (non-hydrogen) atoms. The van der Waals surface area contributed by atoms with Gasteiger partial charge < -0.3 is 19.5 Å². The summed E-state index contributed by atoms with van der Waals surface area (Å²) in [5.41, 5.74) is 2.27. The molecular formula is C17H17NO4. The first-order valence-corrected chi connectivity index (χ1v) is 7.01. The minimum absolute atomic E-state index is 0.241. The van der Waals surface area contributed by atoms with Crippen LogP contribution in [0.1, 0.15) is 15.9 Å². The second-order valence-corrected chi connectivity index (χ2v) is 4.92. The molecule has 1 heterocycles. The minimum atomic E-state index is -0.241. The standard InChI is InChI=1S/C17H17NO4/c1-20-15-5-3-4-13(16(15)21-2)17(19)18-12-6-7-14-11(10-12)8-9-22-14/h3-7,10H,8-9H2,1-2H3,(H,18,19). The first-order valence-electron chi connectivity index (χ1n) is 7.01. The molecule has 2 aromatic carbocycles. The molecule has 0 unspecified atom stereocenters. The number of para-hydroxylation sites is 1. The van der Waals surface area contributed by atoms with Crippen LogP contribution in [0.3, 0.4) is 0 Å². The van der Waals surface area contributed by atoms with Crippen molar-refractivity contribution in [2.45, 2.75) is 6.42 Å². The van der Waals surface area contributed by atoms with Crippen LogP contribution in [-0.2, 0) is 6.42 Å². The molecular weight excluding hydrogens is 282 g/mol. The van der Waals surface area contributed by atoms with Gasteiger partial charge in [-0.3, -0.25) is 4.79 Å². The Bertz CT molecular complexity index is 712. The third-order valence-electron chi connectivity index (χ3n) is 3.59. The number of nitrogens with one attached hydrogen (secondary N) is 1. The van der Waals surface area contributed by atoms with E-state index in [4.69, 9.17) is 14.2 Å². The summed E-state index contributed by atoms with van der Waals surface area (Å²) in [4.78, 5) is 12.5. The fourth-order valence-electron chi connectivity index (χ4n) is 2.53. The Labute approximate surface area is 128 Å². The quantitative estimate of drug-likeness (QED) is 0.943. The fourth-order valence-corrected chi connectivity index (χ4v) is 2.53. The molecule has 0 aromatic heterocycles. The topological polar surface area (TPSA) is 56.8 Å². The lowest BCUT2D eigenvalue weighted by atomic mass is 10.1. The van der Waals surface area contributed by atoms with E-state index in [2.05, 4.69) is 5.32 Å². The highest BCUT2D eigenvalue weighted by Gasteiger charge is 2.18. The number of fused-ring (bicyclic) bond motifs is 1. The molecule has 2 aromatic rings. The summed E-state index contributed by atoms with van der Waals surface area (Å²) in [7, 11) is 3.06. The monoisotopic (exact) mass is 299 g/mol. The summed E-state index contributed by atoms with van der Waals surface area (Å²) in [6, 6.07) is 10.9. The van der Waals surface area contributed by atoms with Gasteiger partial charge in [-0.1, -0.05) is 6.07 Å². The molecule has 0 spiro atoms. The molecule has 1 aliphatic rings. The van der Waals surface area contributed by atoms with Crippen molar-refractivity contribution in [1.29, 1.82) is 0 Å². The van der Waals surface area contributed by atoms with Crippen LogP contribution in [0.5, 0.6) is 17.2 Å². The second-order valence-electron chi connectivity index (χ2n) is 4.92. The third kappa shape index (κ3) is 2.57. The Morgan fingerprint density at radius 3 is 2.82 bits per heavy atom. The summed E-state index contributed by atoms with van der Waals surface area (Å²) in [6.45, 7) is 0.691. The average molecular weight is 299 g/mol. The van der Waals surface area contributed by atoms with Crippen LogP contribution in [0, 0.1) is 0 Å². The summed E-state index contributed by atoms with van der Waals surface area (Å²) >= 11 is 0. The van der Waals surface area contributed by atoms with Gasteiger partial charge in [0.1, 0.15) is 5.75 Å². The minimum Gasteiger partial charge on any atom is -0.493 e. The number of benzene rings is 2. The Hall–Kier alpha value is -2.69.